The van der Waals surface area contributed by atoms with E-state index in [1.165, 1.54) is 83.5 Å². The van der Waals surface area contributed by atoms with E-state index >= 15 is 0 Å². The molecule has 0 spiro atoms. The van der Waals surface area contributed by atoms with Gasteiger partial charge in [-0.25, -0.2) is 4.57 Å². The smallest absolute Gasteiger partial charge is 0.457 e. The molecule has 0 fully saturated rings. The summed E-state index contributed by atoms with van der Waals surface area (Å²) in [6, 6.07) is 0. The fourth-order valence-electron chi connectivity index (χ4n) is 5.41. The Morgan fingerprint density at radius 2 is 1.12 bits per heavy atom. The third-order valence-corrected chi connectivity index (χ3v) is 9.64. The first-order valence-electron chi connectivity index (χ1n) is 20.7. The van der Waals surface area contributed by atoms with E-state index in [0.29, 0.717) is 24.1 Å². The van der Waals surface area contributed by atoms with Crippen LogP contribution in [0.15, 0.2) is 36.5 Å². The number of phosphoric ester groups is 1. The van der Waals surface area contributed by atoms with E-state index in [0.717, 1.165) is 64.2 Å². The summed E-state index contributed by atoms with van der Waals surface area (Å²) in [5, 5.41) is 0. The molecule has 8 nitrogen and oxygen atoms in total. The Kier molecular flexibility index (Phi) is 34.8. The summed E-state index contributed by atoms with van der Waals surface area (Å²) in [4.78, 5) is 22.8. The standard InChI is InChI=1S/C42H80NO7P/c1-6-8-10-12-14-16-18-20-21-22-24-26-28-30-32-34-37-47-39-41(40-49-51(45,46)48-38-36-43(3,4)5)50-42(44)35-33-31-29-27-25-23-19-17-15-13-11-9-7-2/h11,13,17,19-21,41H,6-10,12,14-16,18,22-40H2,1-5H3/p+1/b13-11-,19-17-,21-20-. The van der Waals surface area contributed by atoms with Gasteiger partial charge in [-0.2, -0.15) is 0 Å². The van der Waals surface area contributed by atoms with Crippen LogP contribution in [0.2, 0.25) is 0 Å². The zero-order valence-electron chi connectivity index (χ0n) is 33.8. The van der Waals surface area contributed by atoms with Crippen molar-refractivity contribution in [2.24, 2.45) is 0 Å². The van der Waals surface area contributed by atoms with E-state index in [1.807, 2.05) is 21.1 Å². The molecule has 0 radical (unpaired) electrons. The Bertz CT molecular complexity index is 915. The molecule has 1 N–H and O–H groups in total. The summed E-state index contributed by atoms with van der Waals surface area (Å²) in [6.45, 7) is 5.52. The Hall–Kier alpha value is -1.28. The topological polar surface area (TPSA) is 91.3 Å². The summed E-state index contributed by atoms with van der Waals surface area (Å²) < 4.78 is 34.9. The minimum absolute atomic E-state index is 0.0842. The molecule has 0 rings (SSSR count). The minimum Gasteiger partial charge on any atom is -0.457 e. The van der Waals surface area contributed by atoms with Gasteiger partial charge in [0.2, 0.25) is 0 Å². The van der Waals surface area contributed by atoms with Crippen LogP contribution in [-0.4, -0.2) is 75.6 Å². The number of ether oxygens (including phenoxy) is 2. The van der Waals surface area contributed by atoms with Crippen LogP contribution in [0.1, 0.15) is 168 Å². The molecule has 2 unspecified atom stereocenters. The number of likely N-dealkylation sites (N-methyl/N-ethyl adjacent to an activating group) is 1. The van der Waals surface area contributed by atoms with Gasteiger partial charge in [-0.15, -0.1) is 0 Å². The molecule has 2 atom stereocenters. The minimum atomic E-state index is -4.27. The fourth-order valence-corrected chi connectivity index (χ4v) is 6.15. The Morgan fingerprint density at radius 3 is 1.69 bits per heavy atom. The van der Waals surface area contributed by atoms with Crippen LogP contribution in [0.5, 0.6) is 0 Å². The third-order valence-electron chi connectivity index (χ3n) is 8.65. The van der Waals surface area contributed by atoms with Gasteiger partial charge >= 0.3 is 13.8 Å². The molecule has 300 valence electrons. The van der Waals surface area contributed by atoms with Crippen LogP contribution in [0.3, 0.4) is 0 Å². The maximum atomic E-state index is 12.6. The average molecular weight is 743 g/mol. The van der Waals surface area contributed by atoms with Crippen LogP contribution >= 0.6 is 7.82 Å². The molecule has 51 heavy (non-hydrogen) atoms. The number of esters is 1. The van der Waals surface area contributed by atoms with Crippen molar-refractivity contribution >= 4 is 13.8 Å². The van der Waals surface area contributed by atoms with Crippen molar-refractivity contribution in [2.45, 2.75) is 174 Å². The number of hydrogen-bond donors (Lipinski definition) is 1. The van der Waals surface area contributed by atoms with Crippen molar-refractivity contribution < 1.29 is 37.3 Å². The molecule has 0 saturated heterocycles. The largest absolute Gasteiger partial charge is 0.472 e. The van der Waals surface area contributed by atoms with E-state index in [4.69, 9.17) is 18.5 Å². The summed E-state index contributed by atoms with van der Waals surface area (Å²) >= 11 is 0. The number of allylic oxidation sites excluding steroid dienone is 6. The Labute approximate surface area is 315 Å². The molecule has 0 aromatic rings. The normalized spacial score (nSPS) is 14.2. The van der Waals surface area contributed by atoms with Gasteiger partial charge in [0.05, 0.1) is 34.4 Å². The second kappa shape index (κ2) is 35.7. The number of carbonyl (C=O) groups is 1. The first kappa shape index (κ1) is 49.7. The van der Waals surface area contributed by atoms with Crippen LogP contribution < -0.4 is 0 Å². The highest BCUT2D eigenvalue weighted by atomic mass is 31.2. The lowest BCUT2D eigenvalue weighted by Gasteiger charge is -2.24. The molecule has 0 aliphatic carbocycles. The molecule has 0 aromatic heterocycles. The van der Waals surface area contributed by atoms with Crippen molar-refractivity contribution in [1.29, 1.82) is 0 Å². The van der Waals surface area contributed by atoms with E-state index in [1.54, 1.807) is 0 Å². The van der Waals surface area contributed by atoms with Gasteiger partial charge in [-0.1, -0.05) is 134 Å². The Morgan fingerprint density at radius 1 is 0.608 bits per heavy atom. The molecule has 0 bridgehead atoms. The fraction of sp³-hybridized carbons (Fsp3) is 0.833. The van der Waals surface area contributed by atoms with Gasteiger partial charge in [-0.3, -0.25) is 13.8 Å². The molecule has 0 aromatic carbocycles. The van der Waals surface area contributed by atoms with Gasteiger partial charge in [-0.05, 0) is 64.2 Å². The summed E-state index contributed by atoms with van der Waals surface area (Å²) in [5.74, 6) is -0.331. The molecule has 0 aliphatic heterocycles. The quantitative estimate of drug-likeness (QED) is 0.0221. The molecule has 0 aliphatic rings. The number of hydrogen-bond acceptors (Lipinski definition) is 6. The predicted molar refractivity (Wildman–Crippen MR) is 215 cm³/mol. The zero-order chi connectivity index (χ0) is 37.7. The maximum absolute atomic E-state index is 12.6. The van der Waals surface area contributed by atoms with E-state index in [-0.39, 0.29) is 25.8 Å². The molecular formula is C42H81NO7P+. The number of rotatable bonds is 38. The van der Waals surface area contributed by atoms with Crippen LogP contribution in [-0.2, 0) is 27.9 Å². The number of unbranched alkanes of at least 4 members (excludes halogenated alkanes) is 18. The van der Waals surface area contributed by atoms with Crippen molar-refractivity contribution in [3.63, 3.8) is 0 Å². The highest BCUT2D eigenvalue weighted by Gasteiger charge is 2.26. The number of nitrogens with zero attached hydrogens (tertiary/aromatic N) is 1. The molecule has 0 heterocycles. The SMILES string of the molecule is CCC/C=C\C/C=C\CCCCCCCC(=O)OC(COCCCCCCCC/C=C\CCCCCCCC)COP(=O)(O)OCC[N+](C)(C)C. The van der Waals surface area contributed by atoms with E-state index < -0.39 is 13.9 Å². The van der Waals surface area contributed by atoms with Crippen LogP contribution in [0.25, 0.3) is 0 Å². The lowest BCUT2D eigenvalue weighted by Crippen LogP contribution is -2.37. The van der Waals surface area contributed by atoms with Crippen molar-refractivity contribution in [3.05, 3.63) is 36.5 Å². The summed E-state index contributed by atoms with van der Waals surface area (Å²) in [6.07, 6.45) is 40.3. The lowest BCUT2D eigenvalue weighted by molar-refractivity contribution is -0.870. The van der Waals surface area contributed by atoms with Gasteiger partial charge < -0.3 is 18.9 Å². The van der Waals surface area contributed by atoms with Gasteiger partial charge in [0.15, 0.2) is 0 Å². The monoisotopic (exact) mass is 743 g/mol. The lowest BCUT2D eigenvalue weighted by atomic mass is 10.1. The highest BCUT2D eigenvalue weighted by Crippen LogP contribution is 2.43. The first-order chi connectivity index (χ1) is 24.6. The first-order valence-corrected chi connectivity index (χ1v) is 22.2. The summed E-state index contributed by atoms with van der Waals surface area (Å²) in [7, 11) is 1.65. The molecule has 0 saturated carbocycles. The average Bonchev–Trinajstić information content (AvgIpc) is 3.08. The van der Waals surface area contributed by atoms with Crippen molar-refractivity contribution in [3.8, 4) is 0 Å². The Balaban J connectivity index is 4.29. The predicted octanol–water partition coefficient (Wildman–Crippen LogP) is 11.8. The number of quaternary nitrogens is 1. The highest BCUT2D eigenvalue weighted by molar-refractivity contribution is 7.47. The van der Waals surface area contributed by atoms with E-state index in [2.05, 4.69) is 50.3 Å². The van der Waals surface area contributed by atoms with Crippen molar-refractivity contribution in [2.75, 3.05) is 54.1 Å². The second-order valence-electron chi connectivity index (χ2n) is 15.0. The third kappa shape index (κ3) is 39.8. The van der Waals surface area contributed by atoms with E-state index in [9.17, 15) is 14.3 Å². The second-order valence-corrected chi connectivity index (χ2v) is 16.5. The van der Waals surface area contributed by atoms with Gasteiger partial charge in [0.1, 0.15) is 19.3 Å². The van der Waals surface area contributed by atoms with Crippen LogP contribution in [0, 0.1) is 0 Å². The van der Waals surface area contributed by atoms with Gasteiger partial charge in [0, 0.05) is 13.0 Å². The van der Waals surface area contributed by atoms with Crippen molar-refractivity contribution in [1.82, 2.24) is 0 Å². The van der Waals surface area contributed by atoms with Crippen LogP contribution in [0.4, 0.5) is 0 Å². The molecular weight excluding hydrogens is 661 g/mol. The zero-order valence-corrected chi connectivity index (χ0v) is 34.7. The summed E-state index contributed by atoms with van der Waals surface area (Å²) in [5.41, 5.74) is 0. The number of carbonyl (C=O) groups excluding carboxylic acids is 1. The molecule has 9 heteroatoms. The van der Waals surface area contributed by atoms with Gasteiger partial charge in [0.25, 0.3) is 0 Å². The molecule has 0 amide bonds. The maximum Gasteiger partial charge on any atom is 0.472 e. The number of phosphoric acid groups is 1.